The van der Waals surface area contributed by atoms with E-state index in [1.165, 1.54) is 12.1 Å². The largest absolute Gasteiger partial charge is 0.418 e. The molecule has 37 heavy (non-hydrogen) atoms. The molecule has 0 radical (unpaired) electrons. The molecule has 2 aromatic heterocycles. The third kappa shape index (κ3) is 5.80. The van der Waals surface area contributed by atoms with Gasteiger partial charge >= 0.3 is 20.5 Å². The minimum Gasteiger partial charge on any atom is -0.387 e. The third-order valence-electron chi connectivity index (χ3n) is 5.73. The lowest BCUT2D eigenvalue weighted by Crippen LogP contribution is -2.43. The van der Waals surface area contributed by atoms with Crippen LogP contribution < -0.4 is 11.2 Å². The number of rotatable bonds is 7. The number of aliphatic hydroxyl groups is 2. The van der Waals surface area contributed by atoms with Gasteiger partial charge in [0.05, 0.1) is 24.4 Å². The molecule has 1 fully saturated rings. The van der Waals surface area contributed by atoms with Crippen molar-refractivity contribution in [3.8, 4) is 11.1 Å². The number of ether oxygens (including phenoxy) is 1. The van der Waals surface area contributed by atoms with Crippen molar-refractivity contribution in [1.82, 2.24) is 14.1 Å². The molecule has 1 aromatic carbocycles. The molecule has 3 aromatic rings. The predicted octanol–water partition coefficient (Wildman–Crippen LogP) is 0.986. The Labute approximate surface area is 207 Å². The predicted molar refractivity (Wildman–Crippen MR) is 122 cm³/mol. The van der Waals surface area contributed by atoms with Crippen molar-refractivity contribution in [3.63, 3.8) is 0 Å². The molecule has 15 heteroatoms. The van der Waals surface area contributed by atoms with Crippen LogP contribution in [0.5, 0.6) is 0 Å². The highest BCUT2D eigenvalue weighted by molar-refractivity contribution is 7.39. The van der Waals surface area contributed by atoms with Gasteiger partial charge in [-0.15, -0.1) is 0 Å². The second-order valence-corrected chi connectivity index (χ2v) is 8.87. The Morgan fingerprint density at radius 1 is 1.08 bits per heavy atom. The zero-order valence-corrected chi connectivity index (χ0v) is 19.7. The van der Waals surface area contributed by atoms with Gasteiger partial charge in [-0.1, -0.05) is 30.3 Å². The maximum absolute atomic E-state index is 13.6. The molecule has 4 rings (SSSR count). The number of hydrogen-bond acceptors (Lipinski definition) is 9. The van der Waals surface area contributed by atoms with Gasteiger partial charge in [0.1, 0.15) is 18.3 Å². The van der Waals surface area contributed by atoms with Crippen molar-refractivity contribution in [1.29, 1.82) is 0 Å². The van der Waals surface area contributed by atoms with Gasteiger partial charge in [-0.3, -0.25) is 18.9 Å². The normalized spacial score (nSPS) is 22.1. The summed E-state index contributed by atoms with van der Waals surface area (Å²) in [5.74, 6) is 0. The topological polar surface area (TPSA) is 156 Å². The third-order valence-corrected chi connectivity index (χ3v) is 6.11. The number of alkyl halides is 3. The number of nitrogens with zero attached hydrogens (tertiary/aromatic N) is 3. The molecule has 3 heterocycles. The van der Waals surface area contributed by atoms with Crippen molar-refractivity contribution in [3.05, 3.63) is 87.0 Å². The standard InChI is InChI=1S/C22H21F3N3O8P/c23-22(24,25)15-9-26-13(8-14(15)12-4-2-1-3-5-12)10-28-17(29)6-7-27(21(28)32)20-19(31)18(30)16(36-20)11-35-37(33)34/h1-9,16,18-20,30-31,33-34H,10-11H2. The summed E-state index contributed by atoms with van der Waals surface area (Å²) in [6.07, 6.45) is -8.92. The second-order valence-electron chi connectivity index (χ2n) is 8.11. The highest BCUT2D eigenvalue weighted by Gasteiger charge is 2.44. The molecule has 198 valence electrons. The van der Waals surface area contributed by atoms with E-state index in [0.717, 1.165) is 22.9 Å². The van der Waals surface area contributed by atoms with Gasteiger partial charge in [0.15, 0.2) is 6.23 Å². The molecular formula is C22H21F3N3O8P. The van der Waals surface area contributed by atoms with Crippen molar-refractivity contribution >= 4 is 8.60 Å². The second kappa shape index (κ2) is 10.8. The van der Waals surface area contributed by atoms with E-state index in [4.69, 9.17) is 14.5 Å². The van der Waals surface area contributed by atoms with E-state index >= 15 is 0 Å². The summed E-state index contributed by atoms with van der Waals surface area (Å²) in [7, 11) is -2.76. The Bertz CT molecular complexity index is 1370. The average molecular weight is 543 g/mol. The first-order chi connectivity index (χ1) is 17.5. The number of aliphatic hydroxyl groups excluding tert-OH is 2. The Kier molecular flexibility index (Phi) is 7.90. The maximum Gasteiger partial charge on any atom is 0.418 e. The first kappa shape index (κ1) is 27.1. The lowest BCUT2D eigenvalue weighted by Gasteiger charge is -2.19. The van der Waals surface area contributed by atoms with Gasteiger partial charge in [0, 0.05) is 18.5 Å². The first-order valence-corrected chi connectivity index (χ1v) is 11.9. The summed E-state index contributed by atoms with van der Waals surface area (Å²) in [5.41, 5.74) is -2.70. The molecule has 4 unspecified atom stereocenters. The molecule has 1 aliphatic heterocycles. The summed E-state index contributed by atoms with van der Waals surface area (Å²) in [4.78, 5) is 47.2. The monoisotopic (exact) mass is 543 g/mol. The SMILES string of the molecule is O=c1ccn(C2OC(COP(O)O)C(O)C2O)c(=O)n1Cc1cc(-c2ccccc2)c(C(F)(F)F)cn1. The Balaban J connectivity index is 1.68. The van der Waals surface area contributed by atoms with E-state index in [9.17, 15) is 33.0 Å². The molecule has 4 N–H and O–H groups in total. The van der Waals surface area contributed by atoms with Crippen molar-refractivity contribution in [2.24, 2.45) is 0 Å². The summed E-state index contributed by atoms with van der Waals surface area (Å²) in [6.45, 7) is -0.993. The minimum absolute atomic E-state index is 0.0118. The van der Waals surface area contributed by atoms with Crippen molar-refractivity contribution < 1.29 is 42.4 Å². The minimum atomic E-state index is -4.70. The molecule has 0 saturated carbocycles. The Morgan fingerprint density at radius 2 is 1.78 bits per heavy atom. The van der Waals surface area contributed by atoms with Crippen LogP contribution >= 0.6 is 8.60 Å². The van der Waals surface area contributed by atoms with Gasteiger partial charge in [0.2, 0.25) is 0 Å². The quantitative estimate of drug-likeness (QED) is 0.319. The van der Waals surface area contributed by atoms with Crippen LogP contribution in [0, 0.1) is 0 Å². The number of pyridine rings is 1. The van der Waals surface area contributed by atoms with Gasteiger partial charge in [0.25, 0.3) is 5.56 Å². The number of benzene rings is 1. The van der Waals surface area contributed by atoms with E-state index in [1.54, 1.807) is 18.2 Å². The maximum atomic E-state index is 13.6. The summed E-state index contributed by atoms with van der Waals surface area (Å²) >= 11 is 0. The highest BCUT2D eigenvalue weighted by Crippen LogP contribution is 2.37. The van der Waals surface area contributed by atoms with E-state index in [0.29, 0.717) is 10.8 Å². The number of aromatic nitrogens is 3. The van der Waals surface area contributed by atoms with Gasteiger partial charge in [-0.25, -0.2) is 4.79 Å². The van der Waals surface area contributed by atoms with Crippen LogP contribution in [0.3, 0.4) is 0 Å². The van der Waals surface area contributed by atoms with E-state index < -0.39 is 69.3 Å². The van der Waals surface area contributed by atoms with Gasteiger partial charge in [-0.05, 0) is 17.2 Å². The zero-order chi connectivity index (χ0) is 26.9. The summed E-state index contributed by atoms with van der Waals surface area (Å²) in [6, 6.07) is 9.87. The molecule has 0 amide bonds. The average Bonchev–Trinajstić information content (AvgIpc) is 3.13. The molecule has 11 nitrogen and oxygen atoms in total. The molecule has 4 atom stereocenters. The first-order valence-electron chi connectivity index (χ1n) is 10.7. The van der Waals surface area contributed by atoms with Crippen LogP contribution in [0.25, 0.3) is 11.1 Å². The molecule has 0 bridgehead atoms. The van der Waals surface area contributed by atoms with Gasteiger partial charge < -0.3 is 29.3 Å². The molecule has 1 aliphatic rings. The number of hydrogen-bond donors (Lipinski definition) is 4. The fourth-order valence-electron chi connectivity index (χ4n) is 3.94. The van der Waals surface area contributed by atoms with Crippen LogP contribution in [-0.2, 0) is 22.0 Å². The van der Waals surface area contributed by atoms with Crippen LogP contribution in [-0.4, -0.2) is 59.0 Å². The van der Waals surface area contributed by atoms with E-state index in [1.807, 2.05) is 0 Å². The van der Waals surface area contributed by atoms with Crippen LogP contribution in [0.1, 0.15) is 17.5 Å². The van der Waals surface area contributed by atoms with Crippen LogP contribution in [0.2, 0.25) is 0 Å². The lowest BCUT2D eigenvalue weighted by atomic mass is 10.0. The fourth-order valence-corrected chi connectivity index (χ4v) is 4.22. The van der Waals surface area contributed by atoms with Crippen molar-refractivity contribution in [2.75, 3.05) is 6.61 Å². The molecule has 0 spiro atoms. The Morgan fingerprint density at radius 3 is 2.43 bits per heavy atom. The fraction of sp³-hybridized carbons (Fsp3) is 0.318. The highest BCUT2D eigenvalue weighted by atomic mass is 31.2. The number of halogens is 3. The van der Waals surface area contributed by atoms with E-state index in [-0.39, 0.29) is 16.8 Å². The lowest BCUT2D eigenvalue weighted by molar-refractivity contribution is -0.137. The van der Waals surface area contributed by atoms with Gasteiger partial charge in [-0.2, -0.15) is 13.2 Å². The van der Waals surface area contributed by atoms with E-state index in [2.05, 4.69) is 9.51 Å². The summed E-state index contributed by atoms with van der Waals surface area (Å²) < 4.78 is 52.4. The molecular weight excluding hydrogens is 522 g/mol. The van der Waals surface area contributed by atoms with Crippen molar-refractivity contribution in [2.45, 2.75) is 37.3 Å². The van der Waals surface area contributed by atoms with Crippen LogP contribution in [0.4, 0.5) is 13.2 Å². The smallest absolute Gasteiger partial charge is 0.387 e. The van der Waals surface area contributed by atoms with Crippen LogP contribution in [0.15, 0.2) is 64.4 Å². The summed E-state index contributed by atoms with van der Waals surface area (Å²) in [5, 5.41) is 20.6. The zero-order valence-electron chi connectivity index (χ0n) is 18.8. The Hall–Kier alpha value is -2.97. The molecule has 0 aliphatic carbocycles. The molecule has 1 saturated heterocycles.